The minimum atomic E-state index is -0.873. The first-order valence-corrected chi connectivity index (χ1v) is 8.73. The molecule has 0 aromatic heterocycles. The van der Waals surface area contributed by atoms with E-state index in [1.165, 1.54) is 18.2 Å². The lowest BCUT2D eigenvalue weighted by atomic mass is 10.1. The molecule has 1 N–H and O–H groups in total. The highest BCUT2D eigenvalue weighted by atomic mass is 19.1. The standard InChI is InChI=1S/C20H18F2N2O4/c1-2-28-20(27)13-6-3-4-9-16(13)23-19(26)12-10-17(25)24(11-12)18-14(21)7-5-8-15(18)22/h3-9,12H,2,10-11H2,1H3,(H,23,26). The minimum Gasteiger partial charge on any atom is -0.462 e. The van der Waals surface area contributed by atoms with Crippen LogP contribution >= 0.6 is 0 Å². The van der Waals surface area contributed by atoms with Gasteiger partial charge in [-0.3, -0.25) is 9.59 Å². The Bertz CT molecular complexity index is 912. The molecule has 146 valence electrons. The maximum atomic E-state index is 14.0. The van der Waals surface area contributed by atoms with E-state index in [-0.39, 0.29) is 30.8 Å². The Morgan fingerprint density at radius 2 is 1.82 bits per heavy atom. The molecule has 0 bridgehead atoms. The van der Waals surface area contributed by atoms with Crippen LogP contribution in [0.4, 0.5) is 20.2 Å². The van der Waals surface area contributed by atoms with Gasteiger partial charge in [0.25, 0.3) is 0 Å². The monoisotopic (exact) mass is 388 g/mol. The molecule has 3 rings (SSSR count). The molecule has 1 fully saturated rings. The SMILES string of the molecule is CCOC(=O)c1ccccc1NC(=O)C1CC(=O)N(c2c(F)cccc2F)C1. The van der Waals surface area contributed by atoms with Crippen LogP contribution in [0.5, 0.6) is 0 Å². The topological polar surface area (TPSA) is 75.7 Å². The number of rotatable bonds is 5. The fraction of sp³-hybridized carbons (Fsp3) is 0.250. The predicted molar refractivity (Wildman–Crippen MR) is 97.8 cm³/mol. The van der Waals surface area contributed by atoms with Crippen molar-refractivity contribution in [2.45, 2.75) is 13.3 Å². The van der Waals surface area contributed by atoms with Gasteiger partial charge in [-0.15, -0.1) is 0 Å². The summed E-state index contributed by atoms with van der Waals surface area (Å²) in [6.07, 6.45) is -0.193. The molecule has 1 heterocycles. The maximum absolute atomic E-state index is 14.0. The summed E-state index contributed by atoms with van der Waals surface area (Å²) in [4.78, 5) is 37.8. The smallest absolute Gasteiger partial charge is 0.340 e. The Labute approximate surface area is 160 Å². The zero-order valence-corrected chi connectivity index (χ0v) is 15.1. The van der Waals surface area contributed by atoms with Gasteiger partial charge in [0.2, 0.25) is 11.8 Å². The van der Waals surface area contributed by atoms with Crippen LogP contribution in [0.2, 0.25) is 0 Å². The number of esters is 1. The quantitative estimate of drug-likeness (QED) is 0.799. The normalized spacial score (nSPS) is 16.2. The number of carbonyl (C=O) groups is 3. The number of amides is 2. The molecule has 1 atom stereocenters. The third-order valence-corrected chi connectivity index (χ3v) is 4.38. The Morgan fingerprint density at radius 3 is 2.50 bits per heavy atom. The number of halogens is 2. The van der Waals surface area contributed by atoms with Gasteiger partial charge in [0.15, 0.2) is 0 Å². The molecule has 1 aliphatic rings. The summed E-state index contributed by atoms with van der Waals surface area (Å²) < 4.78 is 32.9. The molecule has 2 amide bonds. The van der Waals surface area contributed by atoms with Crippen molar-refractivity contribution >= 4 is 29.2 Å². The van der Waals surface area contributed by atoms with E-state index >= 15 is 0 Å². The highest BCUT2D eigenvalue weighted by Crippen LogP contribution is 2.30. The molecule has 28 heavy (non-hydrogen) atoms. The first kappa shape index (κ1) is 19.5. The molecule has 6 nitrogen and oxygen atoms in total. The van der Waals surface area contributed by atoms with Crippen molar-refractivity contribution in [3.63, 3.8) is 0 Å². The lowest BCUT2D eigenvalue weighted by Crippen LogP contribution is -2.29. The summed E-state index contributed by atoms with van der Waals surface area (Å²) in [5.41, 5.74) is -0.0392. The van der Waals surface area contributed by atoms with Crippen LogP contribution in [0.1, 0.15) is 23.7 Å². The van der Waals surface area contributed by atoms with Gasteiger partial charge in [-0.05, 0) is 31.2 Å². The number of hydrogen-bond acceptors (Lipinski definition) is 4. The number of nitrogens with zero attached hydrogens (tertiary/aromatic N) is 1. The van der Waals surface area contributed by atoms with Crippen LogP contribution in [0.15, 0.2) is 42.5 Å². The largest absolute Gasteiger partial charge is 0.462 e. The number of benzene rings is 2. The number of nitrogens with one attached hydrogen (secondary N) is 1. The molecule has 0 saturated carbocycles. The second-order valence-electron chi connectivity index (χ2n) is 6.23. The summed E-state index contributed by atoms with van der Waals surface area (Å²) in [6.45, 7) is 1.69. The second-order valence-corrected chi connectivity index (χ2v) is 6.23. The van der Waals surface area contributed by atoms with Crippen LogP contribution in [0.3, 0.4) is 0 Å². The van der Waals surface area contributed by atoms with Crippen molar-refractivity contribution in [1.82, 2.24) is 0 Å². The molecule has 0 aliphatic carbocycles. The van der Waals surface area contributed by atoms with Gasteiger partial charge in [-0.1, -0.05) is 18.2 Å². The Hall–Kier alpha value is -3.29. The number of ether oxygens (including phenoxy) is 1. The summed E-state index contributed by atoms with van der Waals surface area (Å²) >= 11 is 0. The van der Waals surface area contributed by atoms with Crippen LogP contribution in [0.25, 0.3) is 0 Å². The molecule has 2 aromatic carbocycles. The van der Waals surface area contributed by atoms with E-state index in [1.807, 2.05) is 0 Å². The third-order valence-electron chi connectivity index (χ3n) is 4.38. The summed E-state index contributed by atoms with van der Waals surface area (Å²) in [6, 6.07) is 9.61. The first-order chi connectivity index (χ1) is 13.4. The first-order valence-electron chi connectivity index (χ1n) is 8.73. The lowest BCUT2D eigenvalue weighted by Gasteiger charge is -2.18. The van der Waals surface area contributed by atoms with Gasteiger partial charge >= 0.3 is 5.97 Å². The molecule has 0 radical (unpaired) electrons. The van der Waals surface area contributed by atoms with Crippen LogP contribution in [0, 0.1) is 17.6 Å². The van der Waals surface area contributed by atoms with Crippen molar-refractivity contribution in [3.8, 4) is 0 Å². The fourth-order valence-electron chi connectivity index (χ4n) is 3.06. The lowest BCUT2D eigenvalue weighted by molar-refractivity contribution is -0.122. The number of anilines is 2. The zero-order valence-electron chi connectivity index (χ0n) is 15.1. The van der Waals surface area contributed by atoms with Crippen molar-refractivity contribution in [3.05, 3.63) is 59.7 Å². The van der Waals surface area contributed by atoms with E-state index in [9.17, 15) is 23.2 Å². The average molecular weight is 388 g/mol. The number of carbonyl (C=O) groups excluding carboxylic acids is 3. The molecular formula is C20H18F2N2O4. The maximum Gasteiger partial charge on any atom is 0.340 e. The molecular weight excluding hydrogens is 370 g/mol. The summed E-state index contributed by atoms with van der Waals surface area (Å²) in [7, 11) is 0. The summed E-state index contributed by atoms with van der Waals surface area (Å²) in [5.74, 6) is -4.23. The van der Waals surface area contributed by atoms with Gasteiger partial charge in [-0.25, -0.2) is 13.6 Å². The molecule has 8 heteroatoms. The Balaban J connectivity index is 1.77. The molecule has 0 spiro atoms. The fourth-order valence-corrected chi connectivity index (χ4v) is 3.06. The van der Waals surface area contributed by atoms with Crippen molar-refractivity contribution in [2.75, 3.05) is 23.4 Å². The highest BCUT2D eigenvalue weighted by Gasteiger charge is 2.37. The van der Waals surface area contributed by atoms with Gasteiger partial charge < -0.3 is 15.0 Å². The highest BCUT2D eigenvalue weighted by molar-refractivity contribution is 6.06. The molecule has 2 aromatic rings. The summed E-state index contributed by atoms with van der Waals surface area (Å²) in [5, 5.41) is 2.61. The van der Waals surface area contributed by atoms with E-state index in [0.29, 0.717) is 0 Å². The average Bonchev–Trinajstić information content (AvgIpc) is 3.04. The van der Waals surface area contributed by atoms with Gasteiger partial charge in [0.1, 0.15) is 17.3 Å². The van der Waals surface area contributed by atoms with E-state index in [2.05, 4.69) is 5.32 Å². The second kappa shape index (κ2) is 8.16. The van der Waals surface area contributed by atoms with Gasteiger partial charge in [0, 0.05) is 13.0 Å². The van der Waals surface area contributed by atoms with Crippen LogP contribution in [-0.2, 0) is 14.3 Å². The van der Waals surface area contributed by atoms with Gasteiger partial charge in [-0.2, -0.15) is 0 Å². The van der Waals surface area contributed by atoms with E-state index in [0.717, 1.165) is 17.0 Å². The Kier molecular flexibility index (Phi) is 5.67. The van der Waals surface area contributed by atoms with Crippen LogP contribution in [-0.4, -0.2) is 30.9 Å². The van der Waals surface area contributed by atoms with Gasteiger partial charge in [0.05, 0.1) is 23.8 Å². The Morgan fingerprint density at radius 1 is 1.14 bits per heavy atom. The van der Waals surface area contributed by atoms with Crippen molar-refractivity contribution in [2.24, 2.45) is 5.92 Å². The third kappa shape index (κ3) is 3.85. The van der Waals surface area contributed by atoms with E-state index < -0.39 is 41.0 Å². The molecule has 1 unspecified atom stereocenters. The number of hydrogen-bond donors (Lipinski definition) is 1. The van der Waals surface area contributed by atoms with Crippen LogP contribution < -0.4 is 10.2 Å². The molecule has 1 aliphatic heterocycles. The zero-order chi connectivity index (χ0) is 20.3. The minimum absolute atomic E-state index is 0.163. The molecule has 1 saturated heterocycles. The van der Waals surface area contributed by atoms with Crippen molar-refractivity contribution < 1.29 is 27.9 Å². The van der Waals surface area contributed by atoms with E-state index in [1.54, 1.807) is 19.1 Å². The predicted octanol–water partition coefficient (Wildman–Crippen LogP) is 3.13. The van der Waals surface area contributed by atoms with Crippen molar-refractivity contribution in [1.29, 1.82) is 0 Å². The van der Waals surface area contributed by atoms with E-state index in [4.69, 9.17) is 4.74 Å². The number of para-hydroxylation sites is 2.